The zero-order valence-corrected chi connectivity index (χ0v) is 7.47. The van der Waals surface area contributed by atoms with E-state index in [4.69, 9.17) is 4.84 Å². The van der Waals surface area contributed by atoms with Crippen LogP contribution in [0.3, 0.4) is 0 Å². The fourth-order valence-corrected chi connectivity index (χ4v) is 1.26. The standard InChI is InChI=1S/C10H9NO3/c12-9-6-7-14-11(10(9)13)8-4-2-1-3-5-8/h1-5H,6-7H2. The molecule has 14 heavy (non-hydrogen) atoms. The Morgan fingerprint density at radius 3 is 2.57 bits per heavy atom. The minimum absolute atomic E-state index is 0.169. The van der Waals surface area contributed by atoms with Gasteiger partial charge in [-0.15, -0.1) is 0 Å². The maximum atomic E-state index is 11.4. The van der Waals surface area contributed by atoms with E-state index in [2.05, 4.69) is 0 Å². The molecule has 0 unspecified atom stereocenters. The number of carbonyl (C=O) groups excluding carboxylic acids is 2. The third-order valence-electron chi connectivity index (χ3n) is 1.96. The number of hydroxylamine groups is 1. The summed E-state index contributed by atoms with van der Waals surface area (Å²) in [7, 11) is 0. The minimum atomic E-state index is -0.595. The summed E-state index contributed by atoms with van der Waals surface area (Å²) in [6, 6.07) is 8.84. The van der Waals surface area contributed by atoms with E-state index in [1.165, 1.54) is 0 Å². The van der Waals surface area contributed by atoms with E-state index in [-0.39, 0.29) is 13.0 Å². The Balaban J connectivity index is 2.26. The molecule has 0 N–H and O–H groups in total. The molecular weight excluding hydrogens is 182 g/mol. The van der Waals surface area contributed by atoms with E-state index < -0.39 is 11.7 Å². The third kappa shape index (κ3) is 1.52. The number of rotatable bonds is 1. The number of Topliss-reactive ketones (excluding diaryl/α,β-unsaturated/α-hetero) is 1. The fraction of sp³-hybridized carbons (Fsp3) is 0.200. The van der Waals surface area contributed by atoms with Crippen molar-refractivity contribution >= 4 is 17.4 Å². The van der Waals surface area contributed by atoms with Gasteiger partial charge in [0, 0.05) is 6.42 Å². The highest BCUT2D eigenvalue weighted by atomic mass is 16.7. The molecule has 4 nitrogen and oxygen atoms in total. The molecule has 1 aliphatic heterocycles. The Morgan fingerprint density at radius 1 is 1.14 bits per heavy atom. The molecule has 72 valence electrons. The largest absolute Gasteiger partial charge is 0.318 e. The second-order valence-corrected chi connectivity index (χ2v) is 2.94. The molecule has 0 saturated carbocycles. The van der Waals surface area contributed by atoms with Crippen LogP contribution in [-0.4, -0.2) is 18.3 Å². The van der Waals surface area contributed by atoms with Crippen molar-refractivity contribution in [2.75, 3.05) is 11.7 Å². The molecule has 0 aliphatic carbocycles. The van der Waals surface area contributed by atoms with Crippen LogP contribution < -0.4 is 5.06 Å². The molecule has 0 aromatic heterocycles. The van der Waals surface area contributed by atoms with Crippen LogP contribution in [0.5, 0.6) is 0 Å². The van der Waals surface area contributed by atoms with Gasteiger partial charge < -0.3 is 0 Å². The Kier molecular flexibility index (Phi) is 2.28. The van der Waals surface area contributed by atoms with Crippen LogP contribution in [0.1, 0.15) is 6.42 Å². The average Bonchev–Trinajstić information content (AvgIpc) is 2.23. The number of benzene rings is 1. The van der Waals surface area contributed by atoms with Gasteiger partial charge in [0.15, 0.2) is 0 Å². The van der Waals surface area contributed by atoms with Gasteiger partial charge in [0.25, 0.3) is 0 Å². The first-order chi connectivity index (χ1) is 6.79. The minimum Gasteiger partial charge on any atom is -0.289 e. The number of hydrogen-bond acceptors (Lipinski definition) is 3. The molecule has 1 heterocycles. The van der Waals surface area contributed by atoms with Crippen molar-refractivity contribution in [1.82, 2.24) is 0 Å². The van der Waals surface area contributed by atoms with E-state index in [0.717, 1.165) is 5.06 Å². The molecule has 1 aliphatic rings. The van der Waals surface area contributed by atoms with Gasteiger partial charge in [-0.1, -0.05) is 18.2 Å². The van der Waals surface area contributed by atoms with Crippen LogP contribution in [0.15, 0.2) is 30.3 Å². The second-order valence-electron chi connectivity index (χ2n) is 2.94. The van der Waals surface area contributed by atoms with Gasteiger partial charge in [0.05, 0.1) is 12.3 Å². The maximum absolute atomic E-state index is 11.4. The van der Waals surface area contributed by atoms with Gasteiger partial charge in [-0.2, -0.15) is 5.06 Å². The van der Waals surface area contributed by atoms with E-state index >= 15 is 0 Å². The number of carbonyl (C=O) groups is 2. The zero-order chi connectivity index (χ0) is 9.97. The van der Waals surface area contributed by atoms with Gasteiger partial charge in [0.1, 0.15) is 0 Å². The molecule has 1 saturated heterocycles. The van der Waals surface area contributed by atoms with Gasteiger partial charge in [-0.25, -0.2) is 0 Å². The molecule has 1 amide bonds. The summed E-state index contributed by atoms with van der Waals surface area (Å²) in [4.78, 5) is 27.6. The number of hydrogen-bond donors (Lipinski definition) is 0. The van der Waals surface area contributed by atoms with Gasteiger partial charge >= 0.3 is 5.91 Å². The van der Waals surface area contributed by atoms with Crippen molar-refractivity contribution < 1.29 is 14.4 Å². The molecule has 1 fully saturated rings. The van der Waals surface area contributed by atoms with E-state index in [0.29, 0.717) is 5.69 Å². The van der Waals surface area contributed by atoms with E-state index in [9.17, 15) is 9.59 Å². The highest BCUT2D eigenvalue weighted by molar-refractivity contribution is 6.41. The quantitative estimate of drug-likeness (QED) is 0.620. The second kappa shape index (κ2) is 3.59. The van der Waals surface area contributed by atoms with Crippen LogP contribution in [0.4, 0.5) is 5.69 Å². The summed E-state index contributed by atoms with van der Waals surface area (Å²) in [6.07, 6.45) is 0.169. The molecule has 4 heteroatoms. The number of anilines is 1. The number of ketones is 1. The lowest BCUT2D eigenvalue weighted by atomic mass is 10.2. The van der Waals surface area contributed by atoms with Crippen molar-refractivity contribution in [2.24, 2.45) is 0 Å². The SMILES string of the molecule is O=C1CCON(c2ccccc2)C1=O. The van der Waals surface area contributed by atoms with Crippen molar-refractivity contribution in [1.29, 1.82) is 0 Å². The van der Waals surface area contributed by atoms with Gasteiger partial charge in [-0.05, 0) is 12.1 Å². The van der Waals surface area contributed by atoms with E-state index in [1.807, 2.05) is 6.07 Å². The topological polar surface area (TPSA) is 46.6 Å². The average molecular weight is 191 g/mol. The lowest BCUT2D eigenvalue weighted by molar-refractivity contribution is -0.145. The summed E-state index contributed by atoms with van der Waals surface area (Å²) >= 11 is 0. The first-order valence-corrected chi connectivity index (χ1v) is 4.34. The Bertz CT molecular complexity index is 361. The molecule has 2 rings (SSSR count). The monoisotopic (exact) mass is 191 g/mol. The van der Waals surface area contributed by atoms with Gasteiger partial charge in [-0.3, -0.25) is 14.4 Å². The molecule has 1 aromatic rings. The third-order valence-corrected chi connectivity index (χ3v) is 1.96. The Morgan fingerprint density at radius 2 is 1.86 bits per heavy atom. The predicted octanol–water partition coefficient (Wildman–Crippen LogP) is 0.924. The summed E-state index contributed by atoms with van der Waals surface area (Å²) < 4.78 is 0. The number of amides is 1. The fourth-order valence-electron chi connectivity index (χ4n) is 1.26. The van der Waals surface area contributed by atoms with E-state index in [1.54, 1.807) is 24.3 Å². The number of nitrogens with zero attached hydrogens (tertiary/aromatic N) is 1. The smallest absolute Gasteiger partial charge is 0.289 e. The first-order valence-electron chi connectivity index (χ1n) is 4.34. The highest BCUT2D eigenvalue weighted by Crippen LogP contribution is 2.17. The highest BCUT2D eigenvalue weighted by Gasteiger charge is 2.28. The molecule has 0 bridgehead atoms. The lowest BCUT2D eigenvalue weighted by Gasteiger charge is -2.24. The molecule has 1 aromatic carbocycles. The lowest BCUT2D eigenvalue weighted by Crippen LogP contribution is -2.42. The van der Waals surface area contributed by atoms with Crippen LogP contribution in [0, 0.1) is 0 Å². The zero-order valence-electron chi connectivity index (χ0n) is 7.47. The normalized spacial score (nSPS) is 17.3. The van der Waals surface area contributed by atoms with Crippen LogP contribution in [-0.2, 0) is 14.4 Å². The first kappa shape index (κ1) is 8.90. The maximum Gasteiger partial charge on any atom is 0.318 e. The van der Waals surface area contributed by atoms with Crippen molar-refractivity contribution in [2.45, 2.75) is 6.42 Å². The summed E-state index contributed by atoms with van der Waals surface area (Å²) in [6.45, 7) is 0.263. The Hall–Kier alpha value is -1.68. The van der Waals surface area contributed by atoms with Crippen LogP contribution in [0.2, 0.25) is 0 Å². The van der Waals surface area contributed by atoms with Crippen molar-refractivity contribution in [3.05, 3.63) is 30.3 Å². The molecule has 0 spiro atoms. The van der Waals surface area contributed by atoms with Gasteiger partial charge in [0.2, 0.25) is 5.78 Å². The van der Waals surface area contributed by atoms with Crippen molar-refractivity contribution in [3.63, 3.8) is 0 Å². The van der Waals surface area contributed by atoms with Crippen LogP contribution in [0.25, 0.3) is 0 Å². The van der Waals surface area contributed by atoms with Crippen LogP contribution >= 0.6 is 0 Å². The predicted molar refractivity (Wildman–Crippen MR) is 49.5 cm³/mol. The molecule has 0 atom stereocenters. The molecular formula is C10H9NO3. The number of para-hydroxylation sites is 1. The van der Waals surface area contributed by atoms with Crippen molar-refractivity contribution in [3.8, 4) is 0 Å². The molecule has 0 radical (unpaired) electrons. The Labute approximate surface area is 81.0 Å². The summed E-state index contributed by atoms with van der Waals surface area (Å²) in [5.41, 5.74) is 0.588. The summed E-state index contributed by atoms with van der Waals surface area (Å²) in [5, 5.41) is 1.05. The summed E-state index contributed by atoms with van der Waals surface area (Å²) in [5.74, 6) is -0.998.